The van der Waals surface area contributed by atoms with Gasteiger partial charge in [-0.15, -0.1) is 0 Å². The first kappa shape index (κ1) is 28.4. The third-order valence-corrected chi connectivity index (χ3v) is 5.86. The lowest BCUT2D eigenvalue weighted by Crippen LogP contribution is -2.33. The van der Waals surface area contributed by atoms with Crippen molar-refractivity contribution in [2.24, 2.45) is 16.7 Å². The van der Waals surface area contributed by atoms with E-state index < -0.39 is 0 Å². The Morgan fingerprint density at radius 1 is 0.793 bits per heavy atom. The highest BCUT2D eigenvalue weighted by molar-refractivity contribution is 5.76. The molecule has 4 nitrogen and oxygen atoms in total. The van der Waals surface area contributed by atoms with E-state index in [4.69, 9.17) is 10.6 Å². The Bertz CT molecular complexity index is 412. The van der Waals surface area contributed by atoms with Crippen LogP contribution in [0.15, 0.2) is 0 Å². The van der Waals surface area contributed by atoms with E-state index in [2.05, 4.69) is 34.6 Å². The maximum absolute atomic E-state index is 12.4. The van der Waals surface area contributed by atoms with Gasteiger partial charge in [0.2, 0.25) is 0 Å². The Kier molecular flexibility index (Phi) is 14.9. The highest BCUT2D eigenvalue weighted by Crippen LogP contribution is 2.27. The van der Waals surface area contributed by atoms with Crippen LogP contribution in [0.1, 0.15) is 126 Å². The molecule has 0 aromatic heterocycles. The van der Waals surface area contributed by atoms with Crippen LogP contribution in [0.3, 0.4) is 0 Å². The van der Waals surface area contributed by atoms with Gasteiger partial charge in [-0.1, -0.05) is 73.1 Å². The molecule has 0 bridgehead atoms. The minimum Gasteiger partial charge on any atom is -0.462 e. The molecule has 0 aromatic carbocycles. The van der Waals surface area contributed by atoms with E-state index in [1.54, 1.807) is 0 Å². The number of rotatable bonds is 17. The highest BCUT2D eigenvalue weighted by Gasteiger charge is 2.30. The third-order valence-electron chi connectivity index (χ3n) is 5.86. The van der Waals surface area contributed by atoms with Gasteiger partial charge in [0.15, 0.2) is 0 Å². The molecule has 174 valence electrons. The van der Waals surface area contributed by atoms with Crippen LogP contribution in [0, 0.1) is 10.8 Å². The maximum atomic E-state index is 12.4. The normalized spacial score (nSPS) is 12.8. The van der Waals surface area contributed by atoms with E-state index in [0.717, 1.165) is 51.6 Å². The summed E-state index contributed by atoms with van der Waals surface area (Å²) in [4.78, 5) is 12.4. The van der Waals surface area contributed by atoms with Crippen molar-refractivity contribution in [3.8, 4) is 0 Å². The molecule has 0 aliphatic carbocycles. The fraction of sp³-hybridized carbons (Fsp3) is 0.960. The molecule has 0 spiro atoms. The zero-order valence-corrected chi connectivity index (χ0v) is 20.8. The van der Waals surface area contributed by atoms with Gasteiger partial charge in [0.25, 0.3) is 0 Å². The van der Waals surface area contributed by atoms with Gasteiger partial charge in [0.05, 0.1) is 5.41 Å². The Labute approximate surface area is 182 Å². The maximum Gasteiger partial charge on any atom is 0.311 e. The summed E-state index contributed by atoms with van der Waals surface area (Å²) in [5.41, 5.74) is 0.0817. The summed E-state index contributed by atoms with van der Waals surface area (Å²) in [5.74, 6) is 6.09. The fourth-order valence-electron chi connectivity index (χ4n) is 3.54. The van der Waals surface area contributed by atoms with Crippen LogP contribution in [0.5, 0.6) is 0 Å². The predicted octanol–water partition coefficient (Wildman–Crippen LogP) is 6.87. The predicted molar refractivity (Wildman–Crippen MR) is 126 cm³/mol. The van der Waals surface area contributed by atoms with E-state index in [1.807, 2.05) is 18.9 Å². The van der Waals surface area contributed by atoms with Gasteiger partial charge in [0, 0.05) is 13.1 Å². The van der Waals surface area contributed by atoms with Gasteiger partial charge < -0.3 is 4.74 Å². The molecular weight excluding hydrogens is 360 g/mol. The summed E-state index contributed by atoms with van der Waals surface area (Å²) in [7, 11) is 0. The average molecular weight is 413 g/mol. The van der Waals surface area contributed by atoms with Crippen LogP contribution < -0.4 is 5.84 Å². The van der Waals surface area contributed by atoms with Crippen molar-refractivity contribution in [3.63, 3.8) is 0 Å². The Morgan fingerprint density at radius 2 is 1.24 bits per heavy atom. The van der Waals surface area contributed by atoms with Crippen molar-refractivity contribution in [3.05, 3.63) is 0 Å². The average Bonchev–Trinajstić information content (AvgIpc) is 2.64. The summed E-state index contributed by atoms with van der Waals surface area (Å²) in [5, 5.41) is 1.99. The Balaban J connectivity index is 3.71. The SMILES string of the molecule is CCC(CC)OC(=O)C(C)(C)CCCCCCN(N)CCCCCCC(C)(C)C. The molecule has 29 heavy (non-hydrogen) atoms. The number of nitrogens with two attached hydrogens (primary N) is 1. The Hall–Kier alpha value is -0.610. The molecule has 0 fully saturated rings. The summed E-state index contributed by atoms with van der Waals surface area (Å²) in [6, 6.07) is 0. The number of carbonyl (C=O) groups excluding carboxylic acids is 1. The van der Waals surface area contributed by atoms with Crippen molar-refractivity contribution in [1.29, 1.82) is 0 Å². The molecule has 4 heteroatoms. The van der Waals surface area contributed by atoms with Crippen LogP contribution in [-0.4, -0.2) is 30.2 Å². The number of nitrogens with zero attached hydrogens (tertiary/aromatic N) is 1. The lowest BCUT2D eigenvalue weighted by atomic mass is 9.87. The number of ether oxygens (including phenoxy) is 1. The molecule has 0 aromatic rings. The first-order valence-corrected chi connectivity index (χ1v) is 12.2. The van der Waals surface area contributed by atoms with Crippen LogP contribution in [0.2, 0.25) is 0 Å². The molecule has 0 rings (SSSR count). The van der Waals surface area contributed by atoms with Gasteiger partial charge in [-0.05, 0) is 57.8 Å². The van der Waals surface area contributed by atoms with Gasteiger partial charge in [-0.2, -0.15) is 0 Å². The molecule has 0 amide bonds. The smallest absolute Gasteiger partial charge is 0.311 e. The van der Waals surface area contributed by atoms with Crippen molar-refractivity contribution >= 4 is 5.97 Å². The second-order valence-electron chi connectivity index (χ2n) is 10.7. The zero-order valence-electron chi connectivity index (χ0n) is 20.8. The van der Waals surface area contributed by atoms with Crippen molar-refractivity contribution in [2.45, 2.75) is 132 Å². The van der Waals surface area contributed by atoms with Crippen LogP contribution in [0.25, 0.3) is 0 Å². The number of esters is 1. The van der Waals surface area contributed by atoms with Crippen molar-refractivity contribution in [2.75, 3.05) is 13.1 Å². The van der Waals surface area contributed by atoms with E-state index in [1.165, 1.54) is 38.5 Å². The summed E-state index contributed by atoms with van der Waals surface area (Å²) in [6.45, 7) is 17.1. The number of hydrogen-bond donors (Lipinski definition) is 1. The first-order valence-electron chi connectivity index (χ1n) is 12.2. The Morgan fingerprint density at radius 3 is 1.69 bits per heavy atom. The van der Waals surface area contributed by atoms with Crippen molar-refractivity contribution in [1.82, 2.24) is 5.01 Å². The minimum absolute atomic E-state index is 0.0400. The highest BCUT2D eigenvalue weighted by atomic mass is 16.5. The van der Waals surface area contributed by atoms with E-state index in [0.29, 0.717) is 5.41 Å². The summed E-state index contributed by atoms with van der Waals surface area (Å²) in [6.07, 6.45) is 13.7. The molecule has 0 atom stereocenters. The molecule has 0 saturated carbocycles. The van der Waals surface area contributed by atoms with Crippen LogP contribution >= 0.6 is 0 Å². The molecule has 0 radical (unpaired) electrons. The number of carbonyl (C=O) groups is 1. The lowest BCUT2D eigenvalue weighted by Gasteiger charge is -2.25. The van der Waals surface area contributed by atoms with Crippen molar-refractivity contribution < 1.29 is 9.53 Å². The van der Waals surface area contributed by atoms with Gasteiger partial charge >= 0.3 is 5.97 Å². The fourth-order valence-corrected chi connectivity index (χ4v) is 3.54. The largest absolute Gasteiger partial charge is 0.462 e. The van der Waals surface area contributed by atoms with Gasteiger partial charge in [0.1, 0.15) is 6.10 Å². The second kappa shape index (κ2) is 15.2. The quantitative estimate of drug-likeness (QED) is 0.123. The monoisotopic (exact) mass is 412 g/mol. The number of hydrazine groups is 1. The summed E-state index contributed by atoms with van der Waals surface area (Å²) < 4.78 is 5.64. The molecule has 2 N–H and O–H groups in total. The zero-order chi connectivity index (χ0) is 22.3. The number of hydrogen-bond acceptors (Lipinski definition) is 4. The first-order chi connectivity index (χ1) is 13.5. The van der Waals surface area contributed by atoms with Crippen LogP contribution in [-0.2, 0) is 9.53 Å². The summed E-state index contributed by atoms with van der Waals surface area (Å²) >= 11 is 0. The van der Waals surface area contributed by atoms with Crippen LogP contribution in [0.4, 0.5) is 0 Å². The number of unbranched alkanes of at least 4 members (excludes halogenated alkanes) is 6. The second-order valence-corrected chi connectivity index (χ2v) is 10.7. The molecule has 0 aliphatic rings. The standard InChI is InChI=1S/C25H52N2O2/c1-8-22(9-2)29-23(28)25(6,7)19-15-11-13-17-21-27(26)20-16-12-10-14-18-24(3,4)5/h22H,8-21,26H2,1-7H3. The molecule has 0 unspecified atom stereocenters. The molecule has 0 aliphatic heterocycles. The lowest BCUT2D eigenvalue weighted by molar-refractivity contribution is -0.160. The minimum atomic E-state index is -0.379. The molecular formula is C25H52N2O2. The van der Waals surface area contributed by atoms with E-state index in [9.17, 15) is 4.79 Å². The topological polar surface area (TPSA) is 55.6 Å². The van der Waals surface area contributed by atoms with E-state index >= 15 is 0 Å². The third kappa shape index (κ3) is 15.8. The van der Waals surface area contributed by atoms with E-state index in [-0.39, 0.29) is 17.5 Å². The molecule has 0 saturated heterocycles. The molecule has 0 heterocycles. The van der Waals surface area contributed by atoms with Gasteiger partial charge in [-0.25, -0.2) is 5.01 Å². The van der Waals surface area contributed by atoms with Gasteiger partial charge in [-0.3, -0.25) is 10.6 Å².